The highest BCUT2D eigenvalue weighted by Crippen LogP contribution is 2.39. The smallest absolute Gasteiger partial charge is 0.274 e. The number of ether oxygens (including phenoxy) is 2. The Bertz CT molecular complexity index is 596. The molecule has 2 aliphatic rings. The number of hydrogen-bond acceptors (Lipinski definition) is 5. The van der Waals surface area contributed by atoms with Gasteiger partial charge in [-0.05, 0) is 30.0 Å². The molecule has 2 N–H and O–H groups in total. The second-order valence-electron chi connectivity index (χ2n) is 5.86. The third-order valence-corrected chi connectivity index (χ3v) is 4.56. The van der Waals surface area contributed by atoms with E-state index in [2.05, 4.69) is 0 Å². The summed E-state index contributed by atoms with van der Waals surface area (Å²) in [5, 5.41) is 8.71. The fraction of sp³-hybridized carbons (Fsp3) is 0.500. The number of hydroxylamine groups is 1. The highest BCUT2D eigenvalue weighted by Gasteiger charge is 2.37. The summed E-state index contributed by atoms with van der Waals surface area (Å²) in [5.41, 5.74) is 2.86. The van der Waals surface area contributed by atoms with Gasteiger partial charge in [0.15, 0.2) is 0 Å². The van der Waals surface area contributed by atoms with Crippen molar-refractivity contribution >= 4 is 11.7 Å². The standard InChI is InChI=1S/C16H19NO5/c1-9-12-3-2-10(16(19)17-20)6-14(12)22-5-4-13(9)15(18)11-7-21-8-11/h2-3,6,9,11,13,20H,4-5,7-8H2,1H3,(H,17,19). The van der Waals surface area contributed by atoms with Crippen LogP contribution in [0.2, 0.25) is 0 Å². The number of benzene rings is 1. The number of amides is 1. The molecule has 0 bridgehead atoms. The molecule has 0 radical (unpaired) electrons. The molecule has 2 atom stereocenters. The maximum atomic E-state index is 12.5. The van der Waals surface area contributed by atoms with E-state index in [1.165, 1.54) is 0 Å². The van der Waals surface area contributed by atoms with Crippen LogP contribution in [0, 0.1) is 11.8 Å². The molecule has 2 aliphatic heterocycles. The lowest BCUT2D eigenvalue weighted by Gasteiger charge is -2.30. The molecule has 1 amide bonds. The zero-order chi connectivity index (χ0) is 15.7. The molecule has 0 aliphatic carbocycles. The van der Waals surface area contributed by atoms with Crippen molar-refractivity contribution in [2.45, 2.75) is 19.3 Å². The summed E-state index contributed by atoms with van der Waals surface area (Å²) in [6.45, 7) is 3.49. The van der Waals surface area contributed by atoms with Gasteiger partial charge in [-0.2, -0.15) is 0 Å². The number of carbonyl (C=O) groups is 2. The fourth-order valence-electron chi connectivity index (χ4n) is 3.10. The summed E-state index contributed by atoms with van der Waals surface area (Å²) in [6.07, 6.45) is 0.659. The van der Waals surface area contributed by atoms with Gasteiger partial charge in [0.25, 0.3) is 5.91 Å². The summed E-state index contributed by atoms with van der Waals surface area (Å²) >= 11 is 0. The maximum absolute atomic E-state index is 12.5. The van der Waals surface area contributed by atoms with Crippen LogP contribution in [0.5, 0.6) is 5.75 Å². The molecule has 0 aromatic heterocycles. The van der Waals surface area contributed by atoms with E-state index < -0.39 is 5.91 Å². The van der Waals surface area contributed by atoms with Gasteiger partial charge in [0.2, 0.25) is 0 Å². The van der Waals surface area contributed by atoms with E-state index in [0.717, 1.165) is 5.56 Å². The predicted octanol–water partition coefficient (Wildman–Crippen LogP) is 1.52. The molecule has 1 aromatic rings. The van der Waals surface area contributed by atoms with Crippen molar-refractivity contribution in [3.63, 3.8) is 0 Å². The Morgan fingerprint density at radius 3 is 2.73 bits per heavy atom. The Kier molecular flexibility index (Phi) is 4.13. The number of carbonyl (C=O) groups excluding carboxylic acids is 2. The zero-order valence-electron chi connectivity index (χ0n) is 12.4. The van der Waals surface area contributed by atoms with Crippen LogP contribution in [0.4, 0.5) is 0 Å². The van der Waals surface area contributed by atoms with Crippen molar-refractivity contribution in [2.75, 3.05) is 19.8 Å². The minimum absolute atomic E-state index is 0.00781. The summed E-state index contributed by atoms with van der Waals surface area (Å²) in [4.78, 5) is 24.0. The van der Waals surface area contributed by atoms with Gasteiger partial charge < -0.3 is 9.47 Å². The van der Waals surface area contributed by atoms with Crippen molar-refractivity contribution < 1.29 is 24.3 Å². The minimum atomic E-state index is -0.581. The van der Waals surface area contributed by atoms with Gasteiger partial charge >= 0.3 is 0 Å². The molecule has 0 saturated carbocycles. The Morgan fingerprint density at radius 2 is 2.09 bits per heavy atom. The maximum Gasteiger partial charge on any atom is 0.274 e. The van der Waals surface area contributed by atoms with Gasteiger partial charge in [-0.1, -0.05) is 13.0 Å². The van der Waals surface area contributed by atoms with Gasteiger partial charge in [0, 0.05) is 11.5 Å². The summed E-state index contributed by atoms with van der Waals surface area (Å²) in [6, 6.07) is 5.04. The van der Waals surface area contributed by atoms with Gasteiger partial charge in [-0.3, -0.25) is 14.8 Å². The van der Waals surface area contributed by atoms with E-state index in [0.29, 0.717) is 37.6 Å². The molecule has 22 heavy (non-hydrogen) atoms. The Hall–Kier alpha value is -1.92. The zero-order valence-corrected chi connectivity index (χ0v) is 12.4. The molecule has 1 saturated heterocycles. The van der Waals surface area contributed by atoms with Gasteiger partial charge in [0.05, 0.1) is 25.7 Å². The van der Waals surface area contributed by atoms with Crippen LogP contribution in [-0.2, 0) is 9.53 Å². The number of rotatable bonds is 3. The summed E-state index contributed by atoms with van der Waals surface area (Å²) in [5.74, 6) is 0.210. The third kappa shape index (κ3) is 2.60. The number of ketones is 1. The Morgan fingerprint density at radius 1 is 1.32 bits per heavy atom. The van der Waals surface area contributed by atoms with Crippen LogP contribution in [0.15, 0.2) is 18.2 Å². The van der Waals surface area contributed by atoms with E-state index in [-0.39, 0.29) is 23.5 Å². The quantitative estimate of drug-likeness (QED) is 0.653. The summed E-state index contributed by atoms with van der Waals surface area (Å²) in [7, 11) is 0. The molecule has 0 spiro atoms. The first-order chi connectivity index (χ1) is 10.6. The SMILES string of the molecule is CC1c2ccc(C(=O)NO)cc2OCCC1C(=O)C1COC1. The van der Waals surface area contributed by atoms with Crippen molar-refractivity contribution in [2.24, 2.45) is 11.8 Å². The van der Waals surface area contributed by atoms with Gasteiger partial charge in [-0.15, -0.1) is 0 Å². The van der Waals surface area contributed by atoms with E-state index in [1.54, 1.807) is 23.7 Å². The normalized spacial score (nSPS) is 24.5. The second kappa shape index (κ2) is 6.06. The first kappa shape index (κ1) is 15.0. The monoisotopic (exact) mass is 305 g/mol. The van der Waals surface area contributed by atoms with Crippen LogP contribution >= 0.6 is 0 Å². The first-order valence-electron chi connectivity index (χ1n) is 7.44. The fourth-order valence-corrected chi connectivity index (χ4v) is 3.10. The van der Waals surface area contributed by atoms with E-state index in [4.69, 9.17) is 14.7 Å². The first-order valence-corrected chi connectivity index (χ1v) is 7.44. The lowest BCUT2D eigenvalue weighted by Crippen LogP contribution is -2.39. The van der Waals surface area contributed by atoms with Crippen LogP contribution in [0.3, 0.4) is 0 Å². The highest BCUT2D eigenvalue weighted by molar-refractivity contribution is 5.94. The molecular weight excluding hydrogens is 286 g/mol. The molecule has 6 nitrogen and oxygen atoms in total. The molecular formula is C16H19NO5. The van der Waals surface area contributed by atoms with E-state index in [1.807, 2.05) is 6.92 Å². The Balaban J connectivity index is 1.87. The molecule has 1 fully saturated rings. The third-order valence-electron chi connectivity index (χ3n) is 4.56. The highest BCUT2D eigenvalue weighted by atomic mass is 16.5. The van der Waals surface area contributed by atoms with Crippen LogP contribution < -0.4 is 10.2 Å². The molecule has 2 unspecified atom stereocenters. The number of Topliss-reactive ketones (excluding diaryl/α,β-unsaturated/α-hetero) is 1. The minimum Gasteiger partial charge on any atom is -0.493 e. The van der Waals surface area contributed by atoms with Crippen molar-refractivity contribution in [1.29, 1.82) is 0 Å². The van der Waals surface area contributed by atoms with Crippen molar-refractivity contribution in [1.82, 2.24) is 5.48 Å². The predicted molar refractivity (Wildman–Crippen MR) is 77.0 cm³/mol. The molecule has 1 aromatic carbocycles. The lowest BCUT2D eigenvalue weighted by atomic mass is 9.78. The number of nitrogens with one attached hydrogen (secondary N) is 1. The topological polar surface area (TPSA) is 84.9 Å². The van der Waals surface area contributed by atoms with E-state index >= 15 is 0 Å². The van der Waals surface area contributed by atoms with Gasteiger partial charge in [0.1, 0.15) is 11.5 Å². The average Bonchev–Trinajstić information content (AvgIpc) is 2.63. The molecule has 3 rings (SSSR count). The van der Waals surface area contributed by atoms with Crippen LogP contribution in [0.25, 0.3) is 0 Å². The van der Waals surface area contributed by atoms with Gasteiger partial charge in [-0.25, -0.2) is 5.48 Å². The number of hydrogen-bond donors (Lipinski definition) is 2. The average molecular weight is 305 g/mol. The van der Waals surface area contributed by atoms with Crippen LogP contribution in [-0.4, -0.2) is 36.7 Å². The van der Waals surface area contributed by atoms with E-state index in [9.17, 15) is 9.59 Å². The van der Waals surface area contributed by atoms with Crippen LogP contribution in [0.1, 0.15) is 35.2 Å². The molecule has 2 heterocycles. The Labute approximate surface area is 128 Å². The molecule has 6 heteroatoms. The lowest BCUT2D eigenvalue weighted by molar-refractivity contribution is -0.141. The summed E-state index contributed by atoms with van der Waals surface area (Å²) < 4.78 is 10.8. The largest absolute Gasteiger partial charge is 0.493 e. The molecule has 118 valence electrons. The number of fused-ring (bicyclic) bond motifs is 1. The second-order valence-corrected chi connectivity index (χ2v) is 5.86. The van der Waals surface area contributed by atoms with Crippen molar-refractivity contribution in [3.8, 4) is 5.75 Å². The van der Waals surface area contributed by atoms with Crippen molar-refractivity contribution in [3.05, 3.63) is 29.3 Å².